The zero-order valence-corrected chi connectivity index (χ0v) is 18.7. The number of rotatable bonds is 4. The molecule has 11 heteroatoms. The molecule has 0 radical (unpaired) electrons. The molecule has 8 nitrogen and oxygen atoms in total. The molecule has 1 aliphatic heterocycles. The number of halogens is 3. The average Bonchev–Trinajstić information content (AvgIpc) is 2.93. The molecule has 0 aromatic heterocycles. The van der Waals surface area contributed by atoms with Gasteiger partial charge in [0.25, 0.3) is 0 Å². The van der Waals surface area contributed by atoms with E-state index in [1.54, 1.807) is 20.8 Å². The lowest BCUT2D eigenvalue weighted by atomic mass is 9.77. The number of carbonyl (C=O) groups is 4. The van der Waals surface area contributed by atoms with E-state index in [-0.39, 0.29) is 30.3 Å². The van der Waals surface area contributed by atoms with Gasteiger partial charge in [0.1, 0.15) is 6.10 Å². The number of aliphatic hydroxyl groups is 1. The summed E-state index contributed by atoms with van der Waals surface area (Å²) < 4.78 is 54.4. The first-order chi connectivity index (χ1) is 15.1. The summed E-state index contributed by atoms with van der Waals surface area (Å²) in [5.74, 6) is -7.39. The fourth-order valence-corrected chi connectivity index (χ4v) is 3.80. The molecule has 0 unspecified atom stereocenters. The van der Waals surface area contributed by atoms with Crippen LogP contribution in [-0.4, -0.2) is 58.9 Å². The molecule has 2 aliphatic rings. The van der Waals surface area contributed by atoms with Crippen LogP contribution in [0.3, 0.4) is 0 Å². The minimum absolute atomic E-state index is 0.111. The van der Waals surface area contributed by atoms with Crippen LogP contribution in [0, 0.1) is 17.8 Å². The molecule has 6 atom stereocenters. The summed E-state index contributed by atoms with van der Waals surface area (Å²) in [6, 6.07) is 0. The number of ether oxygens (including phenoxy) is 3. The van der Waals surface area contributed by atoms with Gasteiger partial charge in [-0.1, -0.05) is 33.4 Å². The summed E-state index contributed by atoms with van der Waals surface area (Å²) in [6.07, 6.45) is -8.38. The maximum absolute atomic E-state index is 13.0. The molecule has 1 aliphatic carbocycles. The highest BCUT2D eigenvalue weighted by atomic mass is 19.4. The van der Waals surface area contributed by atoms with Crippen molar-refractivity contribution < 1.29 is 51.7 Å². The molecule has 0 amide bonds. The minimum Gasteiger partial charge on any atom is -0.458 e. The summed E-state index contributed by atoms with van der Waals surface area (Å²) in [4.78, 5) is 49.2. The van der Waals surface area contributed by atoms with E-state index in [1.165, 1.54) is 6.08 Å². The predicted molar refractivity (Wildman–Crippen MR) is 106 cm³/mol. The third kappa shape index (κ3) is 6.01. The SMILES string of the molecule is C=C1C(=O)O[C@@H]2C[C@H](C)/C=C\C(=O)[C@](C)(O)[C@@H](OC(=O)C(F)(F)F)[C@@H](OC(=O)CC(C)C)[C@@H]12. The number of alkyl halides is 3. The van der Waals surface area contributed by atoms with E-state index in [0.717, 1.165) is 13.0 Å². The Morgan fingerprint density at radius 2 is 1.91 bits per heavy atom. The average molecular weight is 476 g/mol. The first-order valence-corrected chi connectivity index (χ1v) is 10.4. The van der Waals surface area contributed by atoms with E-state index in [0.29, 0.717) is 0 Å². The first-order valence-electron chi connectivity index (χ1n) is 10.4. The summed E-state index contributed by atoms with van der Waals surface area (Å²) in [7, 11) is 0. The fraction of sp³-hybridized carbons (Fsp3) is 0.636. The van der Waals surface area contributed by atoms with Crippen LogP contribution in [0.4, 0.5) is 13.2 Å². The third-order valence-electron chi connectivity index (χ3n) is 5.52. The summed E-state index contributed by atoms with van der Waals surface area (Å²) in [6.45, 7) is 9.51. The van der Waals surface area contributed by atoms with E-state index < -0.39 is 59.7 Å². The Morgan fingerprint density at radius 1 is 1.30 bits per heavy atom. The van der Waals surface area contributed by atoms with Crippen molar-refractivity contribution in [3.63, 3.8) is 0 Å². The molecule has 1 N–H and O–H groups in total. The molecule has 0 bridgehead atoms. The molecule has 0 aromatic carbocycles. The largest absolute Gasteiger partial charge is 0.490 e. The topological polar surface area (TPSA) is 116 Å². The monoisotopic (exact) mass is 476 g/mol. The van der Waals surface area contributed by atoms with Crippen molar-refractivity contribution in [2.45, 2.75) is 70.6 Å². The van der Waals surface area contributed by atoms with Crippen LogP contribution < -0.4 is 0 Å². The van der Waals surface area contributed by atoms with Crippen molar-refractivity contribution in [1.82, 2.24) is 0 Å². The lowest BCUT2D eigenvalue weighted by Crippen LogP contribution is -2.59. The second-order valence-electron chi connectivity index (χ2n) is 8.95. The van der Waals surface area contributed by atoms with Crippen molar-refractivity contribution in [3.05, 3.63) is 24.3 Å². The van der Waals surface area contributed by atoms with E-state index in [2.05, 4.69) is 11.3 Å². The summed E-state index contributed by atoms with van der Waals surface area (Å²) >= 11 is 0. The number of fused-ring (bicyclic) bond motifs is 1. The number of ketones is 1. The first kappa shape index (κ1) is 26.6. The summed E-state index contributed by atoms with van der Waals surface area (Å²) in [5.41, 5.74) is -2.98. The number of allylic oxidation sites excluding steroid dienone is 1. The highest BCUT2D eigenvalue weighted by Gasteiger charge is 2.57. The highest BCUT2D eigenvalue weighted by Crippen LogP contribution is 2.40. The Balaban J connectivity index is 2.67. The van der Waals surface area contributed by atoms with E-state index in [9.17, 15) is 37.5 Å². The quantitative estimate of drug-likeness (QED) is 0.374. The second-order valence-corrected chi connectivity index (χ2v) is 8.95. The molecule has 1 fully saturated rings. The van der Waals surface area contributed by atoms with Gasteiger partial charge in [0.2, 0.25) is 0 Å². The normalized spacial score (nSPS) is 33.8. The molecule has 0 spiro atoms. The van der Waals surface area contributed by atoms with Crippen molar-refractivity contribution in [1.29, 1.82) is 0 Å². The zero-order valence-electron chi connectivity index (χ0n) is 18.7. The highest BCUT2D eigenvalue weighted by molar-refractivity contribution is 5.97. The molecular weight excluding hydrogens is 449 g/mol. The summed E-state index contributed by atoms with van der Waals surface area (Å²) in [5, 5.41) is 11.0. The fourth-order valence-electron chi connectivity index (χ4n) is 3.80. The van der Waals surface area contributed by atoms with E-state index in [1.807, 2.05) is 0 Å². The Bertz CT molecular complexity index is 858. The van der Waals surface area contributed by atoms with Crippen LogP contribution in [0.5, 0.6) is 0 Å². The maximum atomic E-state index is 13.0. The number of esters is 3. The van der Waals surface area contributed by atoms with Gasteiger partial charge >= 0.3 is 24.1 Å². The van der Waals surface area contributed by atoms with Crippen LogP contribution in [0.15, 0.2) is 24.3 Å². The third-order valence-corrected chi connectivity index (χ3v) is 5.52. The van der Waals surface area contributed by atoms with Crippen LogP contribution in [-0.2, 0) is 33.4 Å². The smallest absolute Gasteiger partial charge is 0.458 e. The Kier molecular flexibility index (Phi) is 7.78. The van der Waals surface area contributed by atoms with Gasteiger partial charge in [-0.2, -0.15) is 13.2 Å². The Labute approximate surface area is 188 Å². The zero-order chi connectivity index (χ0) is 25.3. The molecule has 184 valence electrons. The molecule has 1 saturated heterocycles. The number of carbonyl (C=O) groups excluding carboxylic acids is 4. The number of hydrogen-bond acceptors (Lipinski definition) is 8. The van der Waals surface area contributed by atoms with E-state index >= 15 is 0 Å². The van der Waals surface area contributed by atoms with Gasteiger partial charge < -0.3 is 19.3 Å². The van der Waals surface area contributed by atoms with Crippen molar-refractivity contribution >= 4 is 23.7 Å². The molecule has 2 rings (SSSR count). The Hall–Kier alpha value is -2.69. The van der Waals surface area contributed by atoms with Gasteiger partial charge in [0, 0.05) is 12.0 Å². The van der Waals surface area contributed by atoms with Crippen LogP contribution >= 0.6 is 0 Å². The van der Waals surface area contributed by atoms with Crippen molar-refractivity contribution in [2.75, 3.05) is 0 Å². The Morgan fingerprint density at radius 3 is 2.45 bits per heavy atom. The van der Waals surface area contributed by atoms with Crippen molar-refractivity contribution in [2.24, 2.45) is 17.8 Å². The standard InChI is InChI=1S/C22H27F3O8/c1-10(2)8-15(27)32-17-16-12(4)19(28)31-13(16)9-11(3)6-7-14(26)21(5,30)18(17)33-20(29)22(23,24)25/h6-7,10-11,13,16-18,30H,4,8-9H2,1-3,5H3/b7-6-/t11-,13-,16+,17+,18+,21+/m1/s1. The van der Waals surface area contributed by atoms with Crippen LogP contribution in [0.1, 0.15) is 40.5 Å². The molecule has 0 saturated carbocycles. The lowest BCUT2D eigenvalue weighted by molar-refractivity contribution is -0.228. The minimum atomic E-state index is -5.47. The predicted octanol–water partition coefficient (Wildman–Crippen LogP) is 2.43. The van der Waals surface area contributed by atoms with Crippen LogP contribution in [0.2, 0.25) is 0 Å². The van der Waals surface area contributed by atoms with Gasteiger partial charge in [0.05, 0.1) is 5.92 Å². The van der Waals surface area contributed by atoms with E-state index in [4.69, 9.17) is 9.47 Å². The molecular formula is C22H27F3O8. The second kappa shape index (κ2) is 9.66. The van der Waals surface area contributed by atoms with Gasteiger partial charge in [-0.05, 0) is 31.3 Å². The van der Waals surface area contributed by atoms with Crippen molar-refractivity contribution in [3.8, 4) is 0 Å². The number of hydrogen-bond donors (Lipinski definition) is 1. The molecule has 1 heterocycles. The maximum Gasteiger partial charge on any atom is 0.490 e. The molecule has 0 aromatic rings. The van der Waals surface area contributed by atoms with Gasteiger partial charge in [-0.15, -0.1) is 0 Å². The van der Waals surface area contributed by atoms with Crippen LogP contribution in [0.25, 0.3) is 0 Å². The van der Waals surface area contributed by atoms with Gasteiger partial charge in [-0.25, -0.2) is 9.59 Å². The lowest BCUT2D eigenvalue weighted by Gasteiger charge is -2.39. The van der Waals surface area contributed by atoms with Gasteiger partial charge in [0.15, 0.2) is 23.6 Å². The van der Waals surface area contributed by atoms with Gasteiger partial charge in [-0.3, -0.25) is 9.59 Å². The molecule has 33 heavy (non-hydrogen) atoms.